The fourth-order valence-corrected chi connectivity index (χ4v) is 5.20. The van der Waals surface area contributed by atoms with Crippen LogP contribution in [0.5, 0.6) is 11.5 Å². The van der Waals surface area contributed by atoms with E-state index in [0.717, 1.165) is 33.8 Å². The summed E-state index contributed by atoms with van der Waals surface area (Å²) in [5, 5.41) is 0.459. The number of benzene rings is 3. The summed E-state index contributed by atoms with van der Waals surface area (Å²) in [6, 6.07) is 17.1. The van der Waals surface area contributed by atoms with Crippen molar-refractivity contribution in [3.63, 3.8) is 0 Å². The Morgan fingerprint density at radius 1 is 0.750 bits per heavy atom. The molecule has 4 rings (SSSR count). The van der Waals surface area contributed by atoms with Crippen molar-refractivity contribution in [1.29, 1.82) is 0 Å². The van der Waals surface area contributed by atoms with E-state index < -0.39 is 17.4 Å². The van der Waals surface area contributed by atoms with Gasteiger partial charge in [0.05, 0.1) is 26.4 Å². The van der Waals surface area contributed by atoms with Gasteiger partial charge in [0.15, 0.2) is 5.41 Å². The summed E-state index contributed by atoms with van der Waals surface area (Å²) in [4.78, 5) is 26.5. The number of rotatable bonds is 9. The van der Waals surface area contributed by atoms with E-state index in [0.29, 0.717) is 29.4 Å². The molecule has 0 N–H and O–H groups in total. The lowest BCUT2D eigenvalue weighted by Gasteiger charge is -2.24. The lowest BCUT2D eigenvalue weighted by Crippen LogP contribution is -2.43. The van der Waals surface area contributed by atoms with Crippen LogP contribution in [-0.4, -0.2) is 38.4 Å². The minimum absolute atomic E-state index is 0.0812. The SMILES string of the molecule is CCOC(=O)C1(C(=O)OCC)Cc2c(Cl)cc(-c3ccc(OCC)cc3)c(C#Cc3ccc(OCC)cc3)c2C1. The third-order valence-electron chi connectivity index (χ3n) is 6.76. The molecule has 3 aromatic carbocycles. The van der Waals surface area contributed by atoms with Gasteiger partial charge in [0, 0.05) is 29.0 Å². The largest absolute Gasteiger partial charge is 0.494 e. The van der Waals surface area contributed by atoms with Gasteiger partial charge in [-0.25, -0.2) is 0 Å². The lowest BCUT2D eigenvalue weighted by atomic mass is 9.84. The van der Waals surface area contributed by atoms with Crippen LogP contribution in [0.1, 0.15) is 49.9 Å². The second kappa shape index (κ2) is 12.9. The van der Waals surface area contributed by atoms with Crippen molar-refractivity contribution in [1.82, 2.24) is 0 Å². The van der Waals surface area contributed by atoms with Crippen LogP contribution >= 0.6 is 11.6 Å². The molecule has 0 atom stereocenters. The second-order valence-corrected chi connectivity index (χ2v) is 9.69. The zero-order valence-corrected chi connectivity index (χ0v) is 24.0. The highest BCUT2D eigenvalue weighted by Gasteiger charge is 2.54. The number of carbonyl (C=O) groups excluding carboxylic acids is 2. The molecule has 1 aliphatic rings. The molecular weight excluding hydrogens is 528 g/mol. The molecule has 0 unspecified atom stereocenters. The summed E-state index contributed by atoms with van der Waals surface area (Å²) in [5.41, 5.74) is 3.11. The van der Waals surface area contributed by atoms with Crippen molar-refractivity contribution >= 4 is 23.5 Å². The summed E-state index contributed by atoms with van der Waals surface area (Å²) in [7, 11) is 0. The highest BCUT2D eigenvalue weighted by Crippen LogP contribution is 2.46. The smallest absolute Gasteiger partial charge is 0.324 e. The van der Waals surface area contributed by atoms with Gasteiger partial charge in [-0.1, -0.05) is 35.6 Å². The van der Waals surface area contributed by atoms with E-state index in [-0.39, 0.29) is 26.1 Å². The molecular formula is C33H33ClO6. The van der Waals surface area contributed by atoms with Gasteiger partial charge in [-0.05, 0) is 92.4 Å². The highest BCUT2D eigenvalue weighted by atomic mass is 35.5. The van der Waals surface area contributed by atoms with Crippen LogP contribution < -0.4 is 9.47 Å². The molecule has 0 amide bonds. The Bertz CT molecular complexity index is 1410. The molecule has 0 radical (unpaired) electrons. The summed E-state index contributed by atoms with van der Waals surface area (Å²) in [5.74, 6) is 6.88. The predicted molar refractivity (Wildman–Crippen MR) is 155 cm³/mol. The average Bonchev–Trinajstić information content (AvgIpc) is 3.37. The van der Waals surface area contributed by atoms with E-state index in [1.807, 2.05) is 68.4 Å². The Kier molecular flexibility index (Phi) is 9.39. The zero-order valence-electron chi connectivity index (χ0n) is 23.3. The van der Waals surface area contributed by atoms with E-state index in [9.17, 15) is 9.59 Å². The van der Waals surface area contributed by atoms with Crippen molar-refractivity contribution in [3.05, 3.63) is 81.9 Å². The lowest BCUT2D eigenvalue weighted by molar-refractivity contribution is -0.171. The van der Waals surface area contributed by atoms with Crippen molar-refractivity contribution < 1.29 is 28.5 Å². The van der Waals surface area contributed by atoms with Crippen LogP contribution in [-0.2, 0) is 31.9 Å². The summed E-state index contributed by atoms with van der Waals surface area (Å²) in [6.45, 7) is 8.72. The minimum Gasteiger partial charge on any atom is -0.494 e. The maximum absolute atomic E-state index is 13.3. The topological polar surface area (TPSA) is 71.1 Å². The number of carbonyl (C=O) groups is 2. The van der Waals surface area contributed by atoms with Gasteiger partial charge in [0.1, 0.15) is 11.5 Å². The van der Waals surface area contributed by atoms with Gasteiger partial charge >= 0.3 is 11.9 Å². The summed E-state index contributed by atoms with van der Waals surface area (Å²) in [6.07, 6.45) is 0.165. The first-order chi connectivity index (χ1) is 19.4. The Balaban J connectivity index is 1.88. The molecule has 0 saturated carbocycles. The van der Waals surface area contributed by atoms with E-state index in [1.54, 1.807) is 13.8 Å². The van der Waals surface area contributed by atoms with Gasteiger partial charge in [0.2, 0.25) is 0 Å². The Morgan fingerprint density at radius 3 is 1.80 bits per heavy atom. The van der Waals surface area contributed by atoms with Gasteiger partial charge < -0.3 is 18.9 Å². The molecule has 0 heterocycles. The fraction of sp³-hybridized carbons (Fsp3) is 0.333. The quantitative estimate of drug-likeness (QED) is 0.171. The normalized spacial score (nSPS) is 13.0. The van der Waals surface area contributed by atoms with Crippen LogP contribution in [0.2, 0.25) is 5.02 Å². The number of hydrogen-bond donors (Lipinski definition) is 0. The number of ether oxygens (including phenoxy) is 4. The molecule has 6 nitrogen and oxygen atoms in total. The van der Waals surface area contributed by atoms with Gasteiger partial charge in [-0.2, -0.15) is 0 Å². The number of hydrogen-bond acceptors (Lipinski definition) is 6. The molecule has 0 aromatic heterocycles. The molecule has 40 heavy (non-hydrogen) atoms. The molecule has 7 heteroatoms. The van der Waals surface area contributed by atoms with Crippen LogP contribution in [0.3, 0.4) is 0 Å². The molecule has 1 aliphatic carbocycles. The molecule has 0 bridgehead atoms. The Hall–Kier alpha value is -3.95. The van der Waals surface area contributed by atoms with Crippen LogP contribution in [0, 0.1) is 17.3 Å². The van der Waals surface area contributed by atoms with Crippen molar-refractivity contribution in [2.45, 2.75) is 40.5 Å². The third kappa shape index (κ3) is 5.95. The van der Waals surface area contributed by atoms with Gasteiger partial charge in [-0.15, -0.1) is 0 Å². The first kappa shape index (κ1) is 29.0. The van der Waals surface area contributed by atoms with E-state index >= 15 is 0 Å². The molecule has 0 aliphatic heterocycles. The average molecular weight is 561 g/mol. The number of fused-ring (bicyclic) bond motifs is 1. The van der Waals surface area contributed by atoms with E-state index in [4.69, 9.17) is 30.5 Å². The van der Waals surface area contributed by atoms with Crippen LogP contribution in [0.4, 0.5) is 0 Å². The van der Waals surface area contributed by atoms with Crippen molar-refractivity contribution in [2.24, 2.45) is 5.41 Å². The zero-order chi connectivity index (χ0) is 28.7. The summed E-state index contributed by atoms with van der Waals surface area (Å²) >= 11 is 6.84. The molecule has 0 fully saturated rings. The maximum Gasteiger partial charge on any atom is 0.324 e. The summed E-state index contributed by atoms with van der Waals surface area (Å²) < 4.78 is 21.9. The van der Waals surface area contributed by atoms with Crippen molar-refractivity contribution in [3.8, 4) is 34.5 Å². The van der Waals surface area contributed by atoms with Crippen LogP contribution in [0.15, 0.2) is 54.6 Å². The molecule has 208 valence electrons. The Morgan fingerprint density at radius 2 is 1.27 bits per heavy atom. The predicted octanol–water partition coefficient (Wildman–Crippen LogP) is 6.42. The minimum atomic E-state index is -1.52. The van der Waals surface area contributed by atoms with E-state index in [1.165, 1.54) is 0 Å². The maximum atomic E-state index is 13.3. The number of esters is 2. The second-order valence-electron chi connectivity index (χ2n) is 9.28. The van der Waals surface area contributed by atoms with Crippen molar-refractivity contribution in [2.75, 3.05) is 26.4 Å². The Labute approximate surface area is 240 Å². The van der Waals surface area contributed by atoms with Crippen LogP contribution in [0.25, 0.3) is 11.1 Å². The number of halogens is 1. The third-order valence-corrected chi connectivity index (χ3v) is 7.09. The highest BCUT2D eigenvalue weighted by molar-refractivity contribution is 6.32. The van der Waals surface area contributed by atoms with Gasteiger partial charge in [-0.3, -0.25) is 9.59 Å². The first-order valence-corrected chi connectivity index (χ1v) is 13.9. The molecule has 0 spiro atoms. The first-order valence-electron chi connectivity index (χ1n) is 13.5. The molecule has 3 aromatic rings. The van der Waals surface area contributed by atoms with Gasteiger partial charge in [0.25, 0.3) is 0 Å². The standard InChI is InChI=1S/C33H33ClO6/c1-5-37-24-14-9-22(10-15-24)11-18-26-27(23-12-16-25(17-13-23)38-6-2)19-30(34)29-21-33(20-28(26)29,31(35)39-7-3)32(36)40-8-4/h9-10,12-17,19H,5-8,20-21H2,1-4H3. The molecule has 0 saturated heterocycles. The monoisotopic (exact) mass is 560 g/mol. The van der Waals surface area contributed by atoms with E-state index in [2.05, 4.69) is 11.8 Å². The fourth-order valence-electron chi connectivity index (χ4n) is 4.91.